The van der Waals surface area contributed by atoms with Gasteiger partial charge in [-0.15, -0.1) is 11.3 Å². The van der Waals surface area contributed by atoms with E-state index in [2.05, 4.69) is 10.5 Å². The van der Waals surface area contributed by atoms with Gasteiger partial charge in [0.05, 0.1) is 17.2 Å². The molecule has 7 heteroatoms. The lowest BCUT2D eigenvalue weighted by molar-refractivity contribution is -0.141. The zero-order valence-electron chi connectivity index (χ0n) is 10.1. The molecule has 0 saturated carbocycles. The molecule has 2 heterocycles. The van der Waals surface area contributed by atoms with Gasteiger partial charge in [-0.25, -0.2) is 0 Å². The second kappa shape index (κ2) is 5.32. The lowest BCUT2D eigenvalue weighted by Gasteiger charge is -1.98. The van der Waals surface area contributed by atoms with E-state index in [4.69, 9.17) is 0 Å². The fourth-order valence-corrected chi connectivity index (χ4v) is 2.58. The molecule has 0 saturated heterocycles. The molecule has 0 unspecified atom stereocenters. The molecule has 0 aliphatic rings. The van der Waals surface area contributed by atoms with Crippen LogP contribution >= 0.6 is 11.3 Å². The molecule has 103 valence electrons. The average Bonchev–Trinajstić information content (AvgIpc) is 2.91. The van der Waals surface area contributed by atoms with E-state index in [1.807, 2.05) is 0 Å². The highest BCUT2D eigenvalue weighted by molar-refractivity contribution is 7.13. The van der Waals surface area contributed by atoms with Gasteiger partial charge in [-0.3, -0.25) is 9.07 Å². The molecule has 0 aliphatic heterocycles. The van der Waals surface area contributed by atoms with Gasteiger partial charge in [0.15, 0.2) is 5.69 Å². The van der Waals surface area contributed by atoms with Crippen LogP contribution in [0.1, 0.15) is 17.7 Å². The highest BCUT2D eigenvalue weighted by atomic mass is 32.1. The maximum absolute atomic E-state index is 12.5. The van der Waals surface area contributed by atoms with Crippen LogP contribution < -0.4 is 0 Å². The fourth-order valence-electron chi connectivity index (χ4n) is 1.68. The van der Waals surface area contributed by atoms with E-state index in [1.54, 1.807) is 6.07 Å². The minimum atomic E-state index is -4.45. The largest absolute Gasteiger partial charge is 0.435 e. The first-order valence-electron chi connectivity index (χ1n) is 5.60. The van der Waals surface area contributed by atoms with Crippen LogP contribution in [0, 0.1) is 5.38 Å². The Labute approximate surface area is 111 Å². The molecular formula is C12H11F4N2S. The molecule has 19 heavy (non-hydrogen) atoms. The van der Waals surface area contributed by atoms with E-state index in [0.29, 0.717) is 23.4 Å². The molecule has 0 aromatic carbocycles. The third-order valence-corrected chi connectivity index (χ3v) is 3.51. The van der Waals surface area contributed by atoms with Gasteiger partial charge in [-0.1, -0.05) is 0 Å². The second-order valence-corrected chi connectivity index (χ2v) is 4.91. The van der Waals surface area contributed by atoms with Crippen molar-refractivity contribution in [1.29, 1.82) is 0 Å². The van der Waals surface area contributed by atoms with Gasteiger partial charge in [0, 0.05) is 12.4 Å². The van der Waals surface area contributed by atoms with E-state index < -0.39 is 18.5 Å². The SMILES string of the molecule is Cn1nc(C(F)(F)F)cc1-c1cc(CCCF)[c]s1. The van der Waals surface area contributed by atoms with Crippen molar-refractivity contribution in [2.75, 3.05) is 6.67 Å². The Bertz CT molecular complexity index is 556. The predicted octanol–water partition coefficient (Wildman–Crippen LogP) is 3.87. The van der Waals surface area contributed by atoms with Gasteiger partial charge >= 0.3 is 6.18 Å². The summed E-state index contributed by atoms with van der Waals surface area (Å²) in [7, 11) is 1.46. The molecular weight excluding hydrogens is 280 g/mol. The van der Waals surface area contributed by atoms with Gasteiger partial charge in [-0.2, -0.15) is 18.3 Å². The molecule has 2 rings (SSSR count). The van der Waals surface area contributed by atoms with Crippen molar-refractivity contribution in [3.63, 3.8) is 0 Å². The summed E-state index contributed by atoms with van der Waals surface area (Å²) in [5.41, 5.74) is 0.288. The van der Waals surface area contributed by atoms with Crippen LogP contribution in [0.5, 0.6) is 0 Å². The summed E-state index contributed by atoms with van der Waals surface area (Å²) in [6, 6.07) is 2.75. The number of nitrogens with zero attached hydrogens (tertiary/aromatic N) is 2. The molecule has 2 aromatic heterocycles. The molecule has 0 bridgehead atoms. The standard InChI is InChI=1S/C12H11F4N2S/c1-18-9(6-11(17-18)12(14,15)16)10-5-8(7-19-10)3-2-4-13/h5-6H,2-4H2,1H3. The van der Waals surface area contributed by atoms with Crippen LogP contribution in [0.3, 0.4) is 0 Å². The van der Waals surface area contributed by atoms with Crippen LogP contribution in [0.2, 0.25) is 0 Å². The Kier molecular flexibility index (Phi) is 3.93. The van der Waals surface area contributed by atoms with Crippen LogP contribution in [0.15, 0.2) is 12.1 Å². The Morgan fingerprint density at radius 2 is 2.11 bits per heavy atom. The van der Waals surface area contributed by atoms with Crippen molar-refractivity contribution in [1.82, 2.24) is 9.78 Å². The normalized spacial score (nSPS) is 12.1. The third kappa shape index (κ3) is 3.15. The summed E-state index contributed by atoms with van der Waals surface area (Å²) >= 11 is 1.22. The van der Waals surface area contributed by atoms with Crippen molar-refractivity contribution in [2.45, 2.75) is 19.0 Å². The third-order valence-electron chi connectivity index (χ3n) is 2.60. The number of halogens is 4. The number of alkyl halides is 4. The monoisotopic (exact) mass is 291 g/mol. The first-order chi connectivity index (χ1) is 8.91. The van der Waals surface area contributed by atoms with Crippen LogP contribution in [0.25, 0.3) is 10.6 Å². The van der Waals surface area contributed by atoms with E-state index in [-0.39, 0.29) is 0 Å². The van der Waals surface area contributed by atoms with Crippen LogP contribution in [-0.2, 0) is 19.6 Å². The predicted molar refractivity (Wildman–Crippen MR) is 64.7 cm³/mol. The summed E-state index contributed by atoms with van der Waals surface area (Å²) < 4.78 is 50.9. The number of aromatic nitrogens is 2. The second-order valence-electron chi connectivity index (χ2n) is 4.07. The maximum atomic E-state index is 12.5. The minimum absolute atomic E-state index is 0.389. The molecule has 0 fully saturated rings. The van der Waals surface area contributed by atoms with Crippen LogP contribution in [0.4, 0.5) is 17.6 Å². The molecule has 0 atom stereocenters. The zero-order chi connectivity index (χ0) is 14.0. The van der Waals surface area contributed by atoms with Crippen molar-refractivity contribution < 1.29 is 17.6 Å². The van der Waals surface area contributed by atoms with Gasteiger partial charge < -0.3 is 0 Å². The maximum Gasteiger partial charge on any atom is 0.435 e. The van der Waals surface area contributed by atoms with E-state index in [1.165, 1.54) is 23.1 Å². The smallest absolute Gasteiger partial charge is 0.267 e. The Morgan fingerprint density at radius 3 is 2.68 bits per heavy atom. The van der Waals surface area contributed by atoms with Gasteiger partial charge in [-0.05, 0) is 30.5 Å². The summed E-state index contributed by atoms with van der Waals surface area (Å²) in [6.07, 6.45) is -3.52. The summed E-state index contributed by atoms with van der Waals surface area (Å²) in [5.74, 6) is 0. The molecule has 2 aromatic rings. The Balaban J connectivity index is 2.26. The van der Waals surface area contributed by atoms with Gasteiger partial charge in [0.25, 0.3) is 0 Å². The first-order valence-corrected chi connectivity index (χ1v) is 6.41. The first kappa shape index (κ1) is 14.0. The minimum Gasteiger partial charge on any atom is -0.267 e. The fraction of sp³-hybridized carbons (Fsp3) is 0.417. The van der Waals surface area contributed by atoms with E-state index in [0.717, 1.165) is 11.6 Å². The Morgan fingerprint density at radius 1 is 1.37 bits per heavy atom. The van der Waals surface area contributed by atoms with E-state index >= 15 is 0 Å². The van der Waals surface area contributed by atoms with Gasteiger partial charge in [0.2, 0.25) is 0 Å². The molecule has 2 nitrogen and oxygen atoms in total. The van der Waals surface area contributed by atoms with Crippen molar-refractivity contribution in [3.8, 4) is 10.6 Å². The number of hydrogen-bond donors (Lipinski definition) is 0. The topological polar surface area (TPSA) is 17.8 Å². The molecule has 0 amide bonds. The summed E-state index contributed by atoms with van der Waals surface area (Å²) in [5, 5.41) is 6.42. The van der Waals surface area contributed by atoms with Crippen LogP contribution in [-0.4, -0.2) is 16.5 Å². The Hall–Kier alpha value is -1.37. The quantitative estimate of drug-likeness (QED) is 0.782. The number of rotatable bonds is 4. The summed E-state index contributed by atoms with van der Waals surface area (Å²) in [6.45, 7) is -0.414. The number of hydrogen-bond acceptors (Lipinski definition) is 2. The van der Waals surface area contributed by atoms with Crippen molar-refractivity contribution in [3.05, 3.63) is 28.8 Å². The van der Waals surface area contributed by atoms with Gasteiger partial charge in [0.1, 0.15) is 0 Å². The highest BCUT2D eigenvalue weighted by Crippen LogP contribution is 2.33. The van der Waals surface area contributed by atoms with Crippen molar-refractivity contribution in [2.24, 2.45) is 7.05 Å². The zero-order valence-corrected chi connectivity index (χ0v) is 10.9. The lowest BCUT2D eigenvalue weighted by Crippen LogP contribution is -2.06. The van der Waals surface area contributed by atoms with Crippen molar-refractivity contribution >= 4 is 11.3 Å². The molecule has 0 N–H and O–H groups in total. The number of aryl methyl sites for hydroxylation is 2. The summed E-state index contributed by atoms with van der Waals surface area (Å²) in [4.78, 5) is 0.652. The van der Waals surface area contributed by atoms with E-state index in [9.17, 15) is 17.6 Å². The average molecular weight is 291 g/mol. The molecule has 0 aliphatic carbocycles. The number of thiophene rings is 1. The highest BCUT2D eigenvalue weighted by Gasteiger charge is 2.34. The molecule has 0 spiro atoms. The lowest BCUT2D eigenvalue weighted by atomic mass is 10.2. The molecule has 1 radical (unpaired) electrons.